The molecule has 2 aromatic heterocycles. The lowest BCUT2D eigenvalue weighted by molar-refractivity contribution is 0.660. The Morgan fingerprint density at radius 3 is 1.96 bits per heavy atom. The normalized spacial score (nSPS) is 13.3. The summed E-state index contributed by atoms with van der Waals surface area (Å²) in [5.41, 5.74) is 19.1. The summed E-state index contributed by atoms with van der Waals surface area (Å²) >= 11 is 0. The molecule has 0 radical (unpaired) electrons. The minimum Gasteiger partial charge on any atom is -0.456 e. The Hall–Kier alpha value is -7.10. The zero-order valence-corrected chi connectivity index (χ0v) is 31.0. The highest BCUT2D eigenvalue weighted by Gasteiger charge is 2.37. The summed E-state index contributed by atoms with van der Waals surface area (Å²) in [5, 5.41) is 4.67. The number of furan rings is 1. The van der Waals surface area contributed by atoms with Crippen molar-refractivity contribution in [3.05, 3.63) is 181 Å². The molecule has 0 bridgehead atoms. The van der Waals surface area contributed by atoms with Crippen molar-refractivity contribution >= 4 is 32.7 Å². The second-order valence-electron chi connectivity index (χ2n) is 15.7. The van der Waals surface area contributed by atoms with Crippen LogP contribution in [0.1, 0.15) is 25.0 Å². The van der Waals surface area contributed by atoms with Gasteiger partial charge in [0, 0.05) is 32.9 Å². The average Bonchev–Trinajstić information content (AvgIpc) is 3.87. The Bertz CT molecular complexity index is 3270. The van der Waals surface area contributed by atoms with Crippen LogP contribution in [0.2, 0.25) is 0 Å². The molecule has 0 spiro atoms. The van der Waals surface area contributed by atoms with E-state index in [1.54, 1.807) is 0 Å². The fourth-order valence-electron chi connectivity index (χ4n) is 9.69. The molecule has 0 N–H and O–H groups in total. The van der Waals surface area contributed by atoms with Crippen molar-refractivity contribution in [3.8, 4) is 78.4 Å². The number of hydrogen-bond acceptors (Lipinski definition) is 3. The molecular weight excluding hydrogens is 681 g/mol. The third-order valence-corrected chi connectivity index (χ3v) is 12.3. The first-order chi connectivity index (χ1) is 27.5. The molecule has 3 heteroatoms. The van der Waals surface area contributed by atoms with Crippen LogP contribution in [0, 0.1) is 0 Å². The van der Waals surface area contributed by atoms with Gasteiger partial charge in [-0.05, 0) is 90.7 Å². The third-order valence-electron chi connectivity index (χ3n) is 12.3. The molecule has 2 heterocycles. The molecule has 12 rings (SSSR count). The molecule has 10 aromatic rings. The maximum Gasteiger partial charge on any atom is 0.161 e. The first kappa shape index (κ1) is 31.3. The van der Waals surface area contributed by atoms with Crippen molar-refractivity contribution in [1.82, 2.24) is 9.97 Å². The Labute approximate surface area is 324 Å². The smallest absolute Gasteiger partial charge is 0.161 e. The van der Waals surface area contributed by atoms with Gasteiger partial charge in [-0.2, -0.15) is 0 Å². The predicted octanol–water partition coefficient (Wildman–Crippen LogP) is 14.2. The molecule has 2 aliphatic rings. The molecule has 0 saturated heterocycles. The fraction of sp³-hybridized carbons (Fsp3) is 0.0566. The SMILES string of the molecule is CC1(C)c2ccccc2-c2c(-c3cc(-c4ccccc4)nc(-c4cccc5oc6ccc(-c7cccc8c7-c7cccc9cccc-8c79)cc6c45)n3)cccc21. The number of aromatic nitrogens is 2. The van der Waals surface area contributed by atoms with Crippen LogP contribution < -0.4 is 0 Å². The van der Waals surface area contributed by atoms with Crippen molar-refractivity contribution in [1.29, 1.82) is 0 Å². The Morgan fingerprint density at radius 2 is 1.07 bits per heavy atom. The topological polar surface area (TPSA) is 38.9 Å². The van der Waals surface area contributed by atoms with Crippen LogP contribution in [-0.2, 0) is 5.41 Å². The maximum atomic E-state index is 6.59. The molecule has 0 unspecified atom stereocenters. The van der Waals surface area contributed by atoms with Gasteiger partial charge in [-0.15, -0.1) is 0 Å². The maximum absolute atomic E-state index is 6.59. The molecule has 0 aliphatic heterocycles. The third kappa shape index (κ3) is 4.34. The summed E-state index contributed by atoms with van der Waals surface area (Å²) in [4.78, 5) is 10.8. The van der Waals surface area contributed by atoms with Gasteiger partial charge in [0.05, 0.1) is 11.4 Å². The van der Waals surface area contributed by atoms with Gasteiger partial charge in [0.2, 0.25) is 0 Å². The summed E-state index contributed by atoms with van der Waals surface area (Å²) in [7, 11) is 0. The van der Waals surface area contributed by atoms with E-state index < -0.39 is 0 Å². The first-order valence-corrected chi connectivity index (χ1v) is 19.3. The lowest BCUT2D eigenvalue weighted by Crippen LogP contribution is -2.14. The molecule has 56 heavy (non-hydrogen) atoms. The molecule has 262 valence electrons. The molecule has 0 atom stereocenters. The zero-order valence-electron chi connectivity index (χ0n) is 31.0. The van der Waals surface area contributed by atoms with Gasteiger partial charge in [0.15, 0.2) is 5.82 Å². The van der Waals surface area contributed by atoms with Crippen molar-refractivity contribution < 1.29 is 4.42 Å². The van der Waals surface area contributed by atoms with E-state index in [4.69, 9.17) is 14.4 Å². The molecule has 3 nitrogen and oxygen atoms in total. The van der Waals surface area contributed by atoms with Crippen LogP contribution in [0.4, 0.5) is 0 Å². The molecule has 2 aliphatic carbocycles. The Morgan fingerprint density at radius 1 is 0.411 bits per heavy atom. The van der Waals surface area contributed by atoms with E-state index in [0.717, 1.165) is 55.6 Å². The molecule has 0 saturated carbocycles. The van der Waals surface area contributed by atoms with Crippen LogP contribution in [0.3, 0.4) is 0 Å². The lowest BCUT2D eigenvalue weighted by atomic mass is 9.82. The second kappa shape index (κ2) is 11.5. The highest BCUT2D eigenvalue weighted by Crippen LogP contribution is 2.53. The second-order valence-corrected chi connectivity index (χ2v) is 15.7. The number of fused-ring (bicyclic) bond motifs is 9. The van der Waals surface area contributed by atoms with Gasteiger partial charge in [0.25, 0.3) is 0 Å². The van der Waals surface area contributed by atoms with Crippen molar-refractivity contribution in [2.75, 3.05) is 0 Å². The van der Waals surface area contributed by atoms with Crippen molar-refractivity contribution in [2.45, 2.75) is 19.3 Å². The van der Waals surface area contributed by atoms with E-state index in [2.05, 4.69) is 178 Å². The number of rotatable bonds is 4. The van der Waals surface area contributed by atoms with Crippen LogP contribution in [0.25, 0.3) is 111 Å². The largest absolute Gasteiger partial charge is 0.456 e. The average molecular weight is 715 g/mol. The van der Waals surface area contributed by atoms with Gasteiger partial charge in [-0.3, -0.25) is 0 Å². The van der Waals surface area contributed by atoms with E-state index in [9.17, 15) is 0 Å². The van der Waals surface area contributed by atoms with Crippen LogP contribution in [0.5, 0.6) is 0 Å². The first-order valence-electron chi connectivity index (χ1n) is 19.3. The van der Waals surface area contributed by atoms with E-state index in [1.807, 2.05) is 6.07 Å². The molecule has 0 amide bonds. The quantitative estimate of drug-likeness (QED) is 0.182. The number of hydrogen-bond donors (Lipinski definition) is 0. The molecule has 0 fully saturated rings. The molecule has 8 aromatic carbocycles. The van der Waals surface area contributed by atoms with Gasteiger partial charge in [-0.1, -0.05) is 159 Å². The van der Waals surface area contributed by atoms with E-state index in [-0.39, 0.29) is 5.41 Å². The van der Waals surface area contributed by atoms with Gasteiger partial charge >= 0.3 is 0 Å². The summed E-state index contributed by atoms with van der Waals surface area (Å²) < 4.78 is 6.59. The van der Waals surface area contributed by atoms with E-state index in [0.29, 0.717) is 5.82 Å². The lowest BCUT2D eigenvalue weighted by Gasteiger charge is -2.21. The number of benzene rings is 8. The summed E-state index contributed by atoms with van der Waals surface area (Å²) in [6, 6.07) is 60.9. The summed E-state index contributed by atoms with van der Waals surface area (Å²) in [5.74, 6) is 0.672. The molecular formula is C53H34N2O. The van der Waals surface area contributed by atoms with Gasteiger partial charge in [0.1, 0.15) is 11.2 Å². The van der Waals surface area contributed by atoms with Crippen molar-refractivity contribution in [3.63, 3.8) is 0 Å². The zero-order chi connectivity index (χ0) is 37.1. The van der Waals surface area contributed by atoms with Crippen LogP contribution in [0.15, 0.2) is 174 Å². The van der Waals surface area contributed by atoms with Crippen molar-refractivity contribution in [2.24, 2.45) is 0 Å². The van der Waals surface area contributed by atoms with Gasteiger partial charge < -0.3 is 4.42 Å². The van der Waals surface area contributed by atoms with E-state index >= 15 is 0 Å². The van der Waals surface area contributed by atoms with E-state index in [1.165, 1.54) is 60.8 Å². The Kier molecular flexibility index (Phi) is 6.40. The standard InChI is InChI=1S/C53H34N2O/c1-53(2)42-24-7-6-17-37(42)50-38(21-11-25-43(50)53)45-30-44(31-13-4-3-5-14-31)54-52(55-45)40-23-12-26-47-51(40)41-29-33(27-28-46(41)56-47)34-18-10-20-36-35-19-8-15-32-16-9-22-39(48(32)35)49(34)36/h3-30H,1-2H3. The summed E-state index contributed by atoms with van der Waals surface area (Å²) in [6.07, 6.45) is 0. The minimum atomic E-state index is -0.118. The van der Waals surface area contributed by atoms with Crippen LogP contribution in [-0.4, -0.2) is 9.97 Å². The Balaban J connectivity index is 1.08. The summed E-state index contributed by atoms with van der Waals surface area (Å²) in [6.45, 7) is 4.65. The predicted molar refractivity (Wildman–Crippen MR) is 231 cm³/mol. The fourth-order valence-corrected chi connectivity index (χ4v) is 9.69. The monoisotopic (exact) mass is 714 g/mol. The highest BCUT2D eigenvalue weighted by molar-refractivity contribution is 6.19. The number of nitrogens with zero attached hydrogens (tertiary/aromatic N) is 2. The highest BCUT2D eigenvalue weighted by atomic mass is 16.3. The van der Waals surface area contributed by atoms with Crippen LogP contribution >= 0.6 is 0 Å². The van der Waals surface area contributed by atoms with Gasteiger partial charge in [-0.25, -0.2) is 9.97 Å². The minimum absolute atomic E-state index is 0.118.